The van der Waals surface area contributed by atoms with Crippen molar-refractivity contribution in [1.29, 1.82) is 0 Å². The number of carbonyl (C=O) groups excluding carboxylic acids is 1. The van der Waals surface area contributed by atoms with E-state index in [1.54, 1.807) is 4.90 Å². The standard InChI is InChI=1S/C18H24F2N4O3/c1-12(9-21-2)22-3-5-23(6-4-22)17-15(19)7-13(8-16(17)20)24-10-14(11-25)27-18(24)26/h7-8,14,21,25H,1,3-6,9-11H2,2H3. The second-order valence-electron chi connectivity index (χ2n) is 6.63. The van der Waals surface area contributed by atoms with E-state index in [9.17, 15) is 13.6 Å². The van der Waals surface area contributed by atoms with Gasteiger partial charge in [-0.15, -0.1) is 0 Å². The third-order valence-electron chi connectivity index (χ3n) is 4.81. The Morgan fingerprint density at radius 2 is 1.93 bits per heavy atom. The second kappa shape index (κ2) is 8.10. The monoisotopic (exact) mass is 382 g/mol. The van der Waals surface area contributed by atoms with E-state index >= 15 is 0 Å². The topological polar surface area (TPSA) is 68.3 Å². The van der Waals surface area contributed by atoms with Crippen LogP contribution in [0.2, 0.25) is 0 Å². The SMILES string of the molecule is C=C(CNC)N1CCN(c2c(F)cc(N3CC(CO)OC3=O)cc2F)CC1. The Morgan fingerprint density at radius 3 is 2.44 bits per heavy atom. The maximum absolute atomic E-state index is 14.7. The van der Waals surface area contributed by atoms with Crippen molar-refractivity contribution in [3.8, 4) is 0 Å². The number of rotatable bonds is 6. The molecule has 1 aromatic rings. The minimum absolute atomic E-state index is 0.0554. The molecule has 7 nitrogen and oxygen atoms in total. The summed E-state index contributed by atoms with van der Waals surface area (Å²) in [4.78, 5) is 16.7. The summed E-state index contributed by atoms with van der Waals surface area (Å²) in [5.41, 5.74) is 0.930. The summed E-state index contributed by atoms with van der Waals surface area (Å²) in [6.07, 6.45) is -1.42. The van der Waals surface area contributed by atoms with Crippen LogP contribution in [0.3, 0.4) is 0 Å². The molecule has 3 rings (SSSR count). The van der Waals surface area contributed by atoms with E-state index < -0.39 is 23.8 Å². The Hall–Kier alpha value is -2.39. The lowest BCUT2D eigenvalue weighted by atomic mass is 10.2. The van der Waals surface area contributed by atoms with Gasteiger partial charge in [0.1, 0.15) is 11.8 Å². The van der Waals surface area contributed by atoms with Gasteiger partial charge < -0.3 is 25.0 Å². The van der Waals surface area contributed by atoms with Crippen molar-refractivity contribution < 1.29 is 23.4 Å². The average molecular weight is 382 g/mol. The van der Waals surface area contributed by atoms with Crippen molar-refractivity contribution in [2.45, 2.75) is 6.10 Å². The molecule has 0 aromatic heterocycles. The quantitative estimate of drug-likeness (QED) is 0.769. The smallest absolute Gasteiger partial charge is 0.414 e. The van der Waals surface area contributed by atoms with Crippen LogP contribution < -0.4 is 15.1 Å². The Bertz CT molecular complexity index is 700. The number of aliphatic hydroxyl groups excluding tert-OH is 1. The van der Waals surface area contributed by atoms with Crippen LogP contribution in [0.25, 0.3) is 0 Å². The van der Waals surface area contributed by atoms with E-state index in [0.29, 0.717) is 32.7 Å². The number of amides is 1. The van der Waals surface area contributed by atoms with Crippen LogP contribution in [-0.4, -0.2) is 75.1 Å². The molecule has 0 bridgehead atoms. The van der Waals surface area contributed by atoms with E-state index in [2.05, 4.69) is 16.8 Å². The summed E-state index contributed by atoms with van der Waals surface area (Å²) in [7, 11) is 1.84. The Balaban J connectivity index is 1.73. The molecule has 148 valence electrons. The van der Waals surface area contributed by atoms with Crippen molar-refractivity contribution >= 4 is 17.5 Å². The summed E-state index contributed by atoms with van der Waals surface area (Å²) in [6.45, 7) is 6.57. The van der Waals surface area contributed by atoms with Gasteiger partial charge in [-0.3, -0.25) is 4.90 Å². The molecule has 1 amide bonds. The number of carbonyl (C=O) groups is 1. The number of ether oxygens (including phenoxy) is 1. The van der Waals surface area contributed by atoms with E-state index in [-0.39, 0.29) is 24.5 Å². The molecule has 0 aliphatic carbocycles. The molecule has 0 spiro atoms. The predicted octanol–water partition coefficient (Wildman–Crippen LogP) is 1.14. The second-order valence-corrected chi connectivity index (χ2v) is 6.63. The molecule has 1 atom stereocenters. The molecule has 2 heterocycles. The lowest BCUT2D eigenvalue weighted by molar-refractivity contribution is 0.0963. The number of hydrogen-bond acceptors (Lipinski definition) is 6. The Kier molecular flexibility index (Phi) is 5.81. The molecule has 2 saturated heterocycles. The predicted molar refractivity (Wildman–Crippen MR) is 97.9 cm³/mol. The van der Waals surface area contributed by atoms with E-state index in [4.69, 9.17) is 9.84 Å². The van der Waals surface area contributed by atoms with Gasteiger partial charge in [-0.1, -0.05) is 6.58 Å². The first-order chi connectivity index (χ1) is 12.9. The third-order valence-corrected chi connectivity index (χ3v) is 4.81. The minimum atomic E-state index is -0.729. The molecule has 1 aromatic carbocycles. The zero-order valence-electron chi connectivity index (χ0n) is 15.3. The first-order valence-electron chi connectivity index (χ1n) is 8.85. The molecule has 2 aliphatic rings. The van der Waals surface area contributed by atoms with Gasteiger partial charge in [0.15, 0.2) is 11.6 Å². The molecule has 2 N–H and O–H groups in total. The molecule has 0 saturated carbocycles. The number of nitrogens with zero attached hydrogens (tertiary/aromatic N) is 3. The molecule has 0 radical (unpaired) electrons. The van der Waals surface area contributed by atoms with E-state index in [1.165, 1.54) is 0 Å². The number of cyclic esters (lactones) is 1. The fourth-order valence-electron chi connectivity index (χ4n) is 3.40. The summed E-state index contributed by atoms with van der Waals surface area (Å²) in [5, 5.41) is 12.1. The fourth-order valence-corrected chi connectivity index (χ4v) is 3.40. The van der Waals surface area contributed by atoms with Crippen LogP contribution in [0.4, 0.5) is 25.0 Å². The van der Waals surface area contributed by atoms with Crippen molar-refractivity contribution in [2.24, 2.45) is 0 Å². The van der Waals surface area contributed by atoms with Gasteiger partial charge in [-0.05, 0) is 7.05 Å². The summed E-state index contributed by atoms with van der Waals surface area (Å²) < 4.78 is 34.3. The first-order valence-corrected chi connectivity index (χ1v) is 8.85. The van der Waals surface area contributed by atoms with Crippen LogP contribution in [0, 0.1) is 11.6 Å². The minimum Gasteiger partial charge on any atom is -0.441 e. The lowest BCUT2D eigenvalue weighted by Crippen LogP contribution is -2.47. The molecule has 9 heteroatoms. The van der Waals surface area contributed by atoms with E-state index in [0.717, 1.165) is 22.7 Å². The van der Waals surface area contributed by atoms with Crippen LogP contribution >= 0.6 is 0 Å². The van der Waals surface area contributed by atoms with Gasteiger partial charge in [-0.25, -0.2) is 13.6 Å². The maximum Gasteiger partial charge on any atom is 0.414 e. The van der Waals surface area contributed by atoms with Gasteiger partial charge in [0.25, 0.3) is 0 Å². The maximum atomic E-state index is 14.7. The number of anilines is 2. The molecular weight excluding hydrogens is 358 g/mol. The Morgan fingerprint density at radius 1 is 1.30 bits per heavy atom. The largest absolute Gasteiger partial charge is 0.441 e. The van der Waals surface area contributed by atoms with Gasteiger partial charge in [0, 0.05) is 50.6 Å². The normalized spacial score (nSPS) is 20.2. The van der Waals surface area contributed by atoms with Crippen molar-refractivity contribution in [3.05, 3.63) is 36.0 Å². The fraction of sp³-hybridized carbons (Fsp3) is 0.500. The Labute approximate surface area is 156 Å². The lowest BCUT2D eigenvalue weighted by Gasteiger charge is -2.38. The zero-order valence-corrected chi connectivity index (χ0v) is 15.3. The molecule has 2 aliphatic heterocycles. The highest BCUT2D eigenvalue weighted by Crippen LogP contribution is 2.31. The van der Waals surface area contributed by atoms with Gasteiger partial charge in [0.2, 0.25) is 0 Å². The van der Waals surface area contributed by atoms with Crippen LogP contribution in [-0.2, 0) is 4.74 Å². The number of benzene rings is 1. The summed E-state index contributed by atoms with van der Waals surface area (Å²) in [6, 6.07) is 2.26. The van der Waals surface area contributed by atoms with Crippen molar-refractivity contribution in [3.63, 3.8) is 0 Å². The molecule has 1 unspecified atom stereocenters. The summed E-state index contributed by atoms with van der Waals surface area (Å²) >= 11 is 0. The van der Waals surface area contributed by atoms with Gasteiger partial charge in [-0.2, -0.15) is 0 Å². The first kappa shape index (κ1) is 19.4. The highest BCUT2D eigenvalue weighted by molar-refractivity contribution is 5.90. The average Bonchev–Trinajstić information content (AvgIpc) is 3.03. The molecule has 2 fully saturated rings. The number of nitrogens with one attached hydrogen (secondary N) is 1. The number of halogens is 2. The summed E-state index contributed by atoms with van der Waals surface area (Å²) in [5.74, 6) is -1.46. The van der Waals surface area contributed by atoms with Gasteiger partial charge >= 0.3 is 6.09 Å². The van der Waals surface area contributed by atoms with Gasteiger partial charge in [0.05, 0.1) is 18.8 Å². The van der Waals surface area contributed by atoms with Crippen LogP contribution in [0.5, 0.6) is 0 Å². The van der Waals surface area contributed by atoms with Crippen LogP contribution in [0.15, 0.2) is 24.4 Å². The number of piperazine rings is 1. The highest BCUT2D eigenvalue weighted by Gasteiger charge is 2.33. The van der Waals surface area contributed by atoms with Crippen LogP contribution in [0.1, 0.15) is 0 Å². The number of hydrogen-bond donors (Lipinski definition) is 2. The van der Waals surface area contributed by atoms with Crippen molar-refractivity contribution in [2.75, 3.05) is 62.7 Å². The number of likely N-dealkylation sites (N-methyl/N-ethyl adjacent to an activating group) is 1. The number of aliphatic hydroxyl groups is 1. The molecular formula is C18H24F2N4O3. The van der Waals surface area contributed by atoms with E-state index in [1.807, 2.05) is 7.05 Å². The van der Waals surface area contributed by atoms with Crippen molar-refractivity contribution in [1.82, 2.24) is 10.2 Å². The molecule has 27 heavy (non-hydrogen) atoms. The zero-order chi connectivity index (χ0) is 19.6. The third kappa shape index (κ3) is 3.98. The highest BCUT2D eigenvalue weighted by atomic mass is 19.1.